The van der Waals surface area contributed by atoms with E-state index in [1.807, 2.05) is 0 Å². The Morgan fingerprint density at radius 2 is 0.875 bits per heavy atom. The van der Waals surface area contributed by atoms with Crippen LogP contribution in [0.4, 0.5) is 0 Å². The van der Waals surface area contributed by atoms with E-state index in [9.17, 15) is 0 Å². The summed E-state index contributed by atoms with van der Waals surface area (Å²) in [7, 11) is 0. The summed E-state index contributed by atoms with van der Waals surface area (Å²) < 4.78 is 0. The van der Waals surface area contributed by atoms with Crippen LogP contribution in [0.2, 0.25) is 0 Å². The van der Waals surface area contributed by atoms with Crippen LogP contribution in [0.3, 0.4) is 0 Å². The average molecular weight is 265 g/mol. The van der Waals surface area contributed by atoms with E-state index < -0.39 is 0 Å². The van der Waals surface area contributed by atoms with Gasteiger partial charge in [0.25, 0.3) is 0 Å². The van der Waals surface area contributed by atoms with Gasteiger partial charge >= 0.3 is 0 Å². The molecule has 0 aliphatic carbocycles. The molecule has 0 N–H and O–H groups in total. The van der Waals surface area contributed by atoms with Gasteiger partial charge in [0.1, 0.15) is 0 Å². The number of hydrogen-bond acceptors (Lipinski definition) is 2. The first kappa shape index (κ1) is 19.0. The Bertz CT molecular complexity index is 84.7. The van der Waals surface area contributed by atoms with E-state index in [4.69, 9.17) is 0 Å². The van der Waals surface area contributed by atoms with E-state index in [2.05, 4.69) is 39.1 Å². The third-order valence-corrected chi connectivity index (χ3v) is 3.16. The van der Waals surface area contributed by atoms with Crippen molar-refractivity contribution in [3.8, 4) is 0 Å². The lowest BCUT2D eigenvalue weighted by molar-refractivity contribution is 0.586. The molecule has 0 nitrogen and oxygen atoms in total. The van der Waals surface area contributed by atoms with Gasteiger partial charge in [-0.2, -0.15) is 25.3 Å². The minimum Gasteiger partial charge on any atom is -0.179 e. The predicted molar refractivity (Wildman–Crippen MR) is 85.2 cm³/mol. The molecule has 0 bridgehead atoms. The second-order valence-corrected chi connectivity index (χ2v) is 5.17. The van der Waals surface area contributed by atoms with Gasteiger partial charge in [0, 0.05) is 0 Å². The normalized spacial score (nSPS) is 9.75. The Hall–Kier alpha value is 0.700. The van der Waals surface area contributed by atoms with Gasteiger partial charge in [-0.3, -0.25) is 0 Å². The molecule has 0 heterocycles. The quantitative estimate of drug-likeness (QED) is 0.363. The molecule has 16 heavy (non-hydrogen) atoms. The van der Waals surface area contributed by atoms with Crippen LogP contribution in [0.15, 0.2) is 0 Å². The molecule has 0 aliphatic heterocycles. The minimum absolute atomic E-state index is 1.04. The van der Waals surface area contributed by atoms with Crippen molar-refractivity contribution in [2.75, 3.05) is 11.5 Å². The number of unbranched alkanes of at least 4 members (excludes halogenated alkanes) is 8. The van der Waals surface area contributed by atoms with Crippen LogP contribution < -0.4 is 0 Å². The third-order valence-electron chi connectivity index (χ3n) is 2.52. The maximum Gasteiger partial charge on any atom is -0.00979 e. The zero-order valence-corrected chi connectivity index (χ0v) is 13.2. The summed E-state index contributed by atoms with van der Waals surface area (Å²) in [5.74, 6) is 2.10. The van der Waals surface area contributed by atoms with E-state index in [0.717, 1.165) is 11.5 Å². The maximum absolute atomic E-state index is 4.18. The Labute approximate surface area is 115 Å². The van der Waals surface area contributed by atoms with Gasteiger partial charge in [0.2, 0.25) is 0 Å². The highest BCUT2D eigenvalue weighted by Gasteiger charge is 1.89. The molecule has 0 amide bonds. The first-order valence-electron chi connectivity index (χ1n) is 7.05. The fraction of sp³-hybridized carbons (Fsp3) is 1.00. The van der Waals surface area contributed by atoms with Crippen molar-refractivity contribution in [1.82, 2.24) is 0 Å². The molecule has 0 aliphatic rings. The lowest BCUT2D eigenvalue weighted by Gasteiger charge is -1.98. The topological polar surface area (TPSA) is 0 Å². The molecular weight excluding hydrogens is 232 g/mol. The smallest absolute Gasteiger partial charge is 0.00979 e. The van der Waals surface area contributed by atoms with Crippen molar-refractivity contribution in [2.24, 2.45) is 0 Å². The van der Waals surface area contributed by atoms with Crippen molar-refractivity contribution in [1.29, 1.82) is 0 Å². The molecule has 0 atom stereocenters. The van der Waals surface area contributed by atoms with Gasteiger partial charge < -0.3 is 0 Å². The van der Waals surface area contributed by atoms with Crippen LogP contribution in [0.1, 0.15) is 78.1 Å². The van der Waals surface area contributed by atoms with Crippen LogP contribution >= 0.6 is 25.3 Å². The largest absolute Gasteiger partial charge is 0.179 e. The molecule has 2 heteroatoms. The minimum atomic E-state index is 1.04. The SMILES string of the molecule is CCCCCCCCCCS.CCCCS. The van der Waals surface area contributed by atoms with E-state index in [0.29, 0.717) is 0 Å². The van der Waals surface area contributed by atoms with Crippen molar-refractivity contribution in [3.63, 3.8) is 0 Å². The second kappa shape index (κ2) is 21.0. The van der Waals surface area contributed by atoms with Crippen molar-refractivity contribution < 1.29 is 0 Å². The van der Waals surface area contributed by atoms with E-state index in [-0.39, 0.29) is 0 Å². The number of hydrogen-bond donors (Lipinski definition) is 2. The summed E-state index contributed by atoms with van der Waals surface area (Å²) in [6, 6.07) is 0. The molecule has 0 aromatic rings. The molecule has 100 valence electrons. The first-order chi connectivity index (χ1) is 7.83. The van der Waals surface area contributed by atoms with Crippen LogP contribution in [-0.2, 0) is 0 Å². The number of thiol groups is 2. The lowest BCUT2D eigenvalue weighted by atomic mass is 10.1. The predicted octanol–water partition coefficient (Wildman–Crippen LogP) is 5.77. The molecule has 0 spiro atoms. The summed E-state index contributed by atoms with van der Waals surface area (Å²) >= 11 is 8.18. The highest BCUT2D eigenvalue weighted by Crippen LogP contribution is 2.08. The van der Waals surface area contributed by atoms with E-state index in [1.54, 1.807) is 0 Å². The fourth-order valence-electron chi connectivity index (χ4n) is 1.40. The Kier molecular flexibility index (Phi) is 25.0. The maximum atomic E-state index is 4.18. The molecule has 0 fully saturated rings. The van der Waals surface area contributed by atoms with Crippen LogP contribution in [-0.4, -0.2) is 11.5 Å². The molecule has 0 rings (SSSR count). The summed E-state index contributed by atoms with van der Waals surface area (Å²) in [4.78, 5) is 0. The second-order valence-electron chi connectivity index (χ2n) is 4.28. The molecular formula is C14H32S2. The Balaban J connectivity index is 0. The first-order valence-corrected chi connectivity index (χ1v) is 8.31. The summed E-state index contributed by atoms with van der Waals surface area (Å²) in [6.07, 6.45) is 13.7. The van der Waals surface area contributed by atoms with Gasteiger partial charge in [-0.05, 0) is 24.3 Å². The van der Waals surface area contributed by atoms with Crippen LogP contribution in [0, 0.1) is 0 Å². The fourth-order valence-corrected chi connectivity index (χ4v) is 1.94. The van der Waals surface area contributed by atoms with Crippen molar-refractivity contribution in [3.05, 3.63) is 0 Å². The summed E-state index contributed by atoms with van der Waals surface area (Å²) in [6.45, 7) is 4.43. The van der Waals surface area contributed by atoms with Gasteiger partial charge in [0.05, 0.1) is 0 Å². The average Bonchev–Trinajstić information content (AvgIpc) is 2.30. The van der Waals surface area contributed by atoms with Gasteiger partial charge in [0.15, 0.2) is 0 Å². The monoisotopic (exact) mass is 264 g/mol. The highest BCUT2D eigenvalue weighted by molar-refractivity contribution is 7.80. The highest BCUT2D eigenvalue weighted by atomic mass is 32.1. The Morgan fingerprint density at radius 3 is 1.19 bits per heavy atom. The van der Waals surface area contributed by atoms with Gasteiger partial charge in [-0.15, -0.1) is 0 Å². The molecule has 0 unspecified atom stereocenters. The molecule has 0 saturated heterocycles. The van der Waals surface area contributed by atoms with Crippen molar-refractivity contribution >= 4 is 25.3 Å². The number of rotatable bonds is 10. The molecule has 0 saturated carbocycles. The van der Waals surface area contributed by atoms with Gasteiger partial charge in [-0.1, -0.05) is 65.2 Å². The molecule has 0 aromatic carbocycles. The molecule has 0 aromatic heterocycles. The lowest BCUT2D eigenvalue weighted by Crippen LogP contribution is -1.80. The third kappa shape index (κ3) is 24.1. The summed E-state index contributed by atoms with van der Waals surface area (Å²) in [5, 5.41) is 0. The zero-order valence-electron chi connectivity index (χ0n) is 11.4. The Morgan fingerprint density at radius 1 is 0.500 bits per heavy atom. The molecule has 0 radical (unpaired) electrons. The standard InChI is InChI=1S/C10H22S.C4H10S/c1-2-3-4-5-6-7-8-9-10-11;1-2-3-4-5/h11H,2-10H2,1H3;5H,2-4H2,1H3. The zero-order chi connectivity index (χ0) is 12.5. The van der Waals surface area contributed by atoms with Gasteiger partial charge in [-0.25, -0.2) is 0 Å². The van der Waals surface area contributed by atoms with Crippen LogP contribution in [0.25, 0.3) is 0 Å². The van der Waals surface area contributed by atoms with E-state index >= 15 is 0 Å². The van der Waals surface area contributed by atoms with E-state index in [1.165, 1.54) is 64.2 Å². The van der Waals surface area contributed by atoms with Crippen molar-refractivity contribution in [2.45, 2.75) is 78.1 Å². The summed E-state index contributed by atoms with van der Waals surface area (Å²) in [5.41, 5.74) is 0. The van der Waals surface area contributed by atoms with Crippen LogP contribution in [0.5, 0.6) is 0 Å².